The molecule has 0 saturated carbocycles. The Labute approximate surface area is 86.6 Å². The quantitative estimate of drug-likeness (QED) is 0.489. The highest BCUT2D eigenvalue weighted by atomic mass is 16.3. The van der Waals surface area contributed by atoms with E-state index in [-0.39, 0.29) is 30.3 Å². The Morgan fingerprint density at radius 2 is 2.27 bits per heavy atom. The van der Waals surface area contributed by atoms with Gasteiger partial charge in [-0.25, -0.2) is 4.98 Å². The maximum atomic E-state index is 10.9. The Kier molecular flexibility index (Phi) is 3.96. The number of carbonyl (C=O) groups is 1. The second kappa shape index (κ2) is 5.01. The number of hydrogen-bond donors (Lipinski definition) is 4. The number of hydrogen-bond acceptors (Lipinski definition) is 5. The second-order valence-corrected chi connectivity index (χ2v) is 3.25. The summed E-state index contributed by atoms with van der Waals surface area (Å²) in [5.41, 5.74) is 0.196. The van der Waals surface area contributed by atoms with Gasteiger partial charge in [-0.3, -0.25) is 4.79 Å². The molecule has 4 N–H and O–H groups in total. The highest BCUT2D eigenvalue weighted by Gasteiger charge is 2.21. The van der Waals surface area contributed by atoms with Crippen molar-refractivity contribution in [1.82, 2.24) is 9.97 Å². The SMILES string of the molecule is CC(=O)c1nc([C@@H](O)[C@H](O)CCO)c[nH]1. The zero-order valence-corrected chi connectivity index (χ0v) is 8.34. The van der Waals surface area contributed by atoms with Gasteiger partial charge >= 0.3 is 0 Å². The summed E-state index contributed by atoms with van der Waals surface area (Å²) < 4.78 is 0. The van der Waals surface area contributed by atoms with E-state index in [2.05, 4.69) is 9.97 Å². The van der Waals surface area contributed by atoms with Crippen LogP contribution in [0, 0.1) is 0 Å². The summed E-state index contributed by atoms with van der Waals surface area (Å²) in [6.45, 7) is 1.13. The van der Waals surface area contributed by atoms with E-state index < -0.39 is 12.2 Å². The summed E-state index contributed by atoms with van der Waals surface area (Å²) in [4.78, 5) is 17.3. The molecule has 0 aliphatic carbocycles. The third kappa shape index (κ3) is 2.85. The molecular weight excluding hydrogens is 200 g/mol. The van der Waals surface area contributed by atoms with E-state index in [1.54, 1.807) is 0 Å². The number of Topliss-reactive ketones (excluding diaryl/α,β-unsaturated/α-hetero) is 1. The minimum absolute atomic E-state index is 0.0590. The molecule has 0 spiro atoms. The van der Waals surface area contributed by atoms with Crippen molar-refractivity contribution in [2.75, 3.05) is 6.61 Å². The lowest BCUT2D eigenvalue weighted by atomic mass is 10.1. The van der Waals surface area contributed by atoms with Gasteiger partial charge in [0.25, 0.3) is 0 Å². The van der Waals surface area contributed by atoms with Crippen LogP contribution in [0.4, 0.5) is 0 Å². The summed E-state index contributed by atoms with van der Waals surface area (Å²) in [6, 6.07) is 0. The summed E-state index contributed by atoms with van der Waals surface area (Å²) in [5.74, 6) is -0.106. The molecule has 0 aromatic carbocycles. The van der Waals surface area contributed by atoms with E-state index in [1.165, 1.54) is 13.1 Å². The van der Waals surface area contributed by atoms with Gasteiger partial charge in [-0.15, -0.1) is 0 Å². The number of nitrogens with one attached hydrogen (secondary N) is 1. The number of imidazole rings is 1. The predicted molar refractivity (Wildman–Crippen MR) is 51.3 cm³/mol. The van der Waals surface area contributed by atoms with Gasteiger partial charge in [-0.1, -0.05) is 0 Å². The van der Waals surface area contributed by atoms with Crippen LogP contribution in [0.2, 0.25) is 0 Å². The van der Waals surface area contributed by atoms with Gasteiger partial charge in [0.2, 0.25) is 0 Å². The molecule has 0 aliphatic heterocycles. The molecule has 1 rings (SSSR count). The molecule has 1 aromatic heterocycles. The number of aromatic amines is 1. The van der Waals surface area contributed by atoms with Gasteiger partial charge < -0.3 is 20.3 Å². The highest BCUT2D eigenvalue weighted by Crippen LogP contribution is 2.16. The van der Waals surface area contributed by atoms with Crippen LogP contribution < -0.4 is 0 Å². The molecule has 0 bridgehead atoms. The third-order valence-electron chi connectivity index (χ3n) is 2.02. The van der Waals surface area contributed by atoms with Crippen LogP contribution in [0.15, 0.2) is 6.20 Å². The number of aliphatic hydroxyl groups excluding tert-OH is 3. The molecule has 0 aliphatic rings. The number of H-pyrrole nitrogens is 1. The smallest absolute Gasteiger partial charge is 0.194 e. The number of aromatic nitrogens is 2. The minimum atomic E-state index is -1.19. The minimum Gasteiger partial charge on any atom is -0.396 e. The van der Waals surface area contributed by atoms with E-state index in [0.717, 1.165) is 0 Å². The lowest BCUT2D eigenvalue weighted by Gasteiger charge is -2.14. The van der Waals surface area contributed by atoms with Crippen molar-refractivity contribution in [3.63, 3.8) is 0 Å². The number of nitrogens with zero attached hydrogens (tertiary/aromatic N) is 1. The van der Waals surface area contributed by atoms with Gasteiger partial charge in [0.15, 0.2) is 11.6 Å². The van der Waals surface area contributed by atoms with Crippen LogP contribution >= 0.6 is 0 Å². The summed E-state index contributed by atoms with van der Waals surface area (Å²) >= 11 is 0. The molecule has 0 unspecified atom stereocenters. The first-order chi connectivity index (χ1) is 7.06. The van der Waals surface area contributed by atoms with E-state index in [0.29, 0.717) is 0 Å². The van der Waals surface area contributed by atoms with E-state index in [9.17, 15) is 15.0 Å². The highest BCUT2D eigenvalue weighted by molar-refractivity contribution is 5.90. The number of rotatable bonds is 5. The zero-order valence-electron chi connectivity index (χ0n) is 8.34. The molecule has 0 amide bonds. The Balaban J connectivity index is 2.73. The first kappa shape index (κ1) is 11.8. The fraction of sp³-hybridized carbons (Fsp3) is 0.556. The molecule has 1 heterocycles. The Morgan fingerprint density at radius 1 is 1.60 bits per heavy atom. The van der Waals surface area contributed by atoms with Crippen molar-refractivity contribution < 1.29 is 20.1 Å². The molecule has 0 radical (unpaired) electrons. The first-order valence-corrected chi connectivity index (χ1v) is 4.59. The standard InChI is InChI=1S/C9H14N2O4/c1-5(13)9-10-4-6(11-9)8(15)7(14)2-3-12/h4,7-8,12,14-15H,2-3H2,1H3,(H,10,11)/t7-,8-/m1/s1. The normalized spacial score (nSPS) is 14.9. The molecule has 2 atom stereocenters. The van der Waals surface area contributed by atoms with E-state index in [1.807, 2.05) is 0 Å². The molecule has 84 valence electrons. The number of carbonyl (C=O) groups excluding carboxylic acids is 1. The first-order valence-electron chi connectivity index (χ1n) is 4.59. The van der Waals surface area contributed by atoms with Crippen LogP contribution in [0.25, 0.3) is 0 Å². The maximum absolute atomic E-state index is 10.9. The molecule has 1 aromatic rings. The monoisotopic (exact) mass is 214 g/mol. The van der Waals surface area contributed by atoms with Gasteiger partial charge in [0, 0.05) is 19.7 Å². The molecule has 6 nitrogen and oxygen atoms in total. The van der Waals surface area contributed by atoms with Crippen molar-refractivity contribution in [3.05, 3.63) is 17.7 Å². The molecule has 0 saturated heterocycles. The van der Waals surface area contributed by atoms with Crippen molar-refractivity contribution in [2.45, 2.75) is 25.6 Å². The van der Waals surface area contributed by atoms with Gasteiger partial charge in [-0.05, 0) is 6.42 Å². The summed E-state index contributed by atoms with van der Waals surface area (Å²) in [6.07, 6.45) is -0.856. The largest absolute Gasteiger partial charge is 0.396 e. The molecule has 0 fully saturated rings. The molecule has 6 heteroatoms. The molecule has 15 heavy (non-hydrogen) atoms. The topological polar surface area (TPSA) is 106 Å². The second-order valence-electron chi connectivity index (χ2n) is 3.25. The lowest BCUT2D eigenvalue weighted by molar-refractivity contribution is 0.00208. The van der Waals surface area contributed by atoms with Gasteiger partial charge in [0.1, 0.15) is 6.10 Å². The average molecular weight is 214 g/mol. The fourth-order valence-electron chi connectivity index (χ4n) is 1.16. The summed E-state index contributed by atoms with van der Waals surface area (Å²) in [7, 11) is 0. The Hall–Kier alpha value is -1.24. The lowest BCUT2D eigenvalue weighted by Crippen LogP contribution is -2.19. The van der Waals surface area contributed by atoms with Crippen LogP contribution in [0.3, 0.4) is 0 Å². The van der Waals surface area contributed by atoms with Crippen LogP contribution in [-0.2, 0) is 0 Å². The van der Waals surface area contributed by atoms with Crippen molar-refractivity contribution in [2.24, 2.45) is 0 Å². The van der Waals surface area contributed by atoms with Gasteiger partial charge in [0.05, 0.1) is 11.8 Å². The van der Waals surface area contributed by atoms with Crippen LogP contribution in [-0.4, -0.2) is 43.8 Å². The van der Waals surface area contributed by atoms with Crippen LogP contribution in [0.5, 0.6) is 0 Å². The molecular formula is C9H14N2O4. The average Bonchev–Trinajstić information content (AvgIpc) is 2.65. The Morgan fingerprint density at radius 3 is 2.73 bits per heavy atom. The third-order valence-corrected chi connectivity index (χ3v) is 2.02. The van der Waals surface area contributed by atoms with E-state index >= 15 is 0 Å². The predicted octanol–water partition coefficient (Wildman–Crippen LogP) is -0.611. The number of ketones is 1. The zero-order chi connectivity index (χ0) is 11.4. The maximum Gasteiger partial charge on any atom is 0.194 e. The van der Waals surface area contributed by atoms with Crippen LogP contribution in [0.1, 0.15) is 35.8 Å². The van der Waals surface area contributed by atoms with Crippen molar-refractivity contribution in [3.8, 4) is 0 Å². The van der Waals surface area contributed by atoms with Gasteiger partial charge in [-0.2, -0.15) is 0 Å². The van der Waals surface area contributed by atoms with Crippen molar-refractivity contribution in [1.29, 1.82) is 0 Å². The summed E-state index contributed by atoms with van der Waals surface area (Å²) in [5, 5.41) is 27.5. The van der Waals surface area contributed by atoms with E-state index in [4.69, 9.17) is 5.11 Å². The van der Waals surface area contributed by atoms with Crippen molar-refractivity contribution >= 4 is 5.78 Å². The fourth-order valence-corrected chi connectivity index (χ4v) is 1.16. The number of aliphatic hydroxyl groups is 3. The Bertz CT molecular complexity index is 337.